The molecule has 1 aromatic heterocycles. The molecule has 0 aliphatic carbocycles. The number of para-hydroxylation sites is 1. The van der Waals surface area contributed by atoms with E-state index in [4.69, 9.17) is 39.5 Å². The number of nitrogens with one attached hydrogen (secondary N) is 1. The number of benzene rings is 2. The van der Waals surface area contributed by atoms with Crippen molar-refractivity contribution in [1.29, 1.82) is 0 Å². The Kier molecular flexibility index (Phi) is 6.85. The molecule has 0 bridgehead atoms. The third kappa shape index (κ3) is 5.12. The predicted octanol–water partition coefficient (Wildman–Crippen LogP) is 5.58. The summed E-state index contributed by atoms with van der Waals surface area (Å²) < 4.78 is 7.50. The molecule has 150 valence electrons. The van der Waals surface area contributed by atoms with Crippen molar-refractivity contribution in [2.45, 2.75) is 13.8 Å². The van der Waals surface area contributed by atoms with Gasteiger partial charge in [-0.15, -0.1) is 0 Å². The average Bonchev–Trinajstić information content (AvgIpc) is 2.97. The number of rotatable bonds is 6. The Bertz CT molecular complexity index is 1060. The van der Waals surface area contributed by atoms with Crippen LogP contribution in [0.4, 0.5) is 0 Å². The Balaban J connectivity index is 1.63. The molecule has 29 heavy (non-hydrogen) atoms. The van der Waals surface area contributed by atoms with E-state index in [0.29, 0.717) is 5.02 Å². The first-order valence-corrected chi connectivity index (χ1v) is 9.84. The molecule has 1 amide bonds. The number of hydrogen-bond acceptors (Lipinski definition) is 3. The number of ether oxygens (including phenoxy) is 1. The summed E-state index contributed by atoms with van der Waals surface area (Å²) >= 11 is 17.9. The predicted molar refractivity (Wildman–Crippen MR) is 118 cm³/mol. The summed E-state index contributed by atoms with van der Waals surface area (Å²) in [6.07, 6.45) is 1.60. The van der Waals surface area contributed by atoms with Gasteiger partial charge in [0.25, 0.3) is 5.91 Å². The fourth-order valence-electron chi connectivity index (χ4n) is 2.88. The highest BCUT2D eigenvalue weighted by molar-refractivity contribution is 6.44. The highest BCUT2D eigenvalue weighted by Crippen LogP contribution is 2.35. The van der Waals surface area contributed by atoms with E-state index < -0.39 is 5.91 Å². The van der Waals surface area contributed by atoms with Crippen LogP contribution in [0.3, 0.4) is 0 Å². The molecular weight excluding hydrogens is 433 g/mol. The SMILES string of the molecule is Cc1cc(/C=N\NC(=O)COc2cc(Cl)cc(Cl)c2Cl)c(C)n1-c1ccccc1. The lowest BCUT2D eigenvalue weighted by molar-refractivity contribution is -0.123. The maximum Gasteiger partial charge on any atom is 0.277 e. The second-order valence-electron chi connectivity index (χ2n) is 6.28. The molecule has 8 heteroatoms. The zero-order valence-electron chi connectivity index (χ0n) is 15.7. The number of amides is 1. The van der Waals surface area contributed by atoms with Crippen molar-refractivity contribution in [2.75, 3.05) is 6.61 Å². The number of hydrogen-bond donors (Lipinski definition) is 1. The quantitative estimate of drug-likeness (QED) is 0.303. The van der Waals surface area contributed by atoms with Crippen LogP contribution >= 0.6 is 34.8 Å². The van der Waals surface area contributed by atoms with Crippen LogP contribution in [0.5, 0.6) is 5.75 Å². The fourth-order valence-corrected chi connectivity index (χ4v) is 3.52. The number of halogens is 3. The van der Waals surface area contributed by atoms with Gasteiger partial charge in [0.15, 0.2) is 6.61 Å². The van der Waals surface area contributed by atoms with E-state index in [-0.39, 0.29) is 22.4 Å². The second kappa shape index (κ2) is 9.35. The summed E-state index contributed by atoms with van der Waals surface area (Å²) in [4.78, 5) is 12.0. The van der Waals surface area contributed by atoms with Crippen molar-refractivity contribution >= 4 is 46.9 Å². The number of nitrogens with zero attached hydrogens (tertiary/aromatic N) is 2. The van der Waals surface area contributed by atoms with Crippen LogP contribution < -0.4 is 10.2 Å². The van der Waals surface area contributed by atoms with Crippen LogP contribution in [0, 0.1) is 13.8 Å². The van der Waals surface area contributed by atoms with Gasteiger partial charge >= 0.3 is 0 Å². The lowest BCUT2D eigenvalue weighted by Crippen LogP contribution is -2.24. The van der Waals surface area contributed by atoms with Crippen LogP contribution in [0.25, 0.3) is 5.69 Å². The summed E-state index contributed by atoms with van der Waals surface area (Å²) in [5.74, 6) is -0.208. The smallest absolute Gasteiger partial charge is 0.277 e. The Morgan fingerprint density at radius 3 is 2.59 bits per heavy atom. The van der Waals surface area contributed by atoms with Crippen molar-refractivity contribution in [1.82, 2.24) is 9.99 Å². The second-order valence-corrected chi connectivity index (χ2v) is 7.50. The molecule has 0 fully saturated rings. The average molecular weight is 451 g/mol. The topological polar surface area (TPSA) is 55.6 Å². The maximum absolute atomic E-state index is 12.0. The van der Waals surface area contributed by atoms with Crippen molar-refractivity contribution in [3.63, 3.8) is 0 Å². The van der Waals surface area contributed by atoms with Crippen LogP contribution in [-0.2, 0) is 4.79 Å². The summed E-state index contributed by atoms with van der Waals surface area (Å²) in [6.45, 7) is 3.73. The largest absolute Gasteiger partial charge is 0.482 e. The maximum atomic E-state index is 12.0. The molecule has 1 N–H and O–H groups in total. The highest BCUT2D eigenvalue weighted by Gasteiger charge is 2.11. The lowest BCUT2D eigenvalue weighted by atomic mass is 10.2. The first-order chi connectivity index (χ1) is 13.9. The zero-order valence-corrected chi connectivity index (χ0v) is 18.0. The van der Waals surface area contributed by atoms with E-state index >= 15 is 0 Å². The van der Waals surface area contributed by atoms with Gasteiger partial charge in [-0.3, -0.25) is 4.79 Å². The van der Waals surface area contributed by atoms with E-state index in [9.17, 15) is 4.79 Å². The summed E-state index contributed by atoms with van der Waals surface area (Å²) in [6, 6.07) is 15.0. The molecule has 3 aromatic rings. The third-order valence-corrected chi connectivity index (χ3v) is 5.20. The normalized spacial score (nSPS) is 11.1. The van der Waals surface area contributed by atoms with Gasteiger partial charge in [-0.05, 0) is 38.1 Å². The molecular formula is C21H18Cl3N3O2. The summed E-state index contributed by atoms with van der Waals surface area (Å²) in [7, 11) is 0. The minimum absolute atomic E-state index is 0.195. The molecule has 0 radical (unpaired) electrons. The number of carbonyl (C=O) groups is 1. The number of hydrazone groups is 1. The summed E-state index contributed by atoms with van der Waals surface area (Å²) in [5, 5.41) is 4.83. The summed E-state index contributed by atoms with van der Waals surface area (Å²) in [5.41, 5.74) is 6.48. The lowest BCUT2D eigenvalue weighted by Gasteiger charge is -2.09. The van der Waals surface area contributed by atoms with Crippen LogP contribution in [-0.4, -0.2) is 23.3 Å². The number of carbonyl (C=O) groups excluding carboxylic acids is 1. The zero-order chi connectivity index (χ0) is 21.0. The highest BCUT2D eigenvalue weighted by atomic mass is 35.5. The molecule has 0 atom stereocenters. The van der Waals surface area contributed by atoms with Crippen molar-refractivity contribution in [3.05, 3.63) is 80.6 Å². The fraction of sp³-hybridized carbons (Fsp3) is 0.143. The molecule has 5 nitrogen and oxygen atoms in total. The molecule has 1 heterocycles. The molecule has 0 aliphatic heterocycles. The monoisotopic (exact) mass is 449 g/mol. The van der Waals surface area contributed by atoms with Crippen LogP contribution in [0.15, 0.2) is 53.6 Å². The Hall–Kier alpha value is -2.47. The van der Waals surface area contributed by atoms with E-state index in [2.05, 4.69) is 15.1 Å². The van der Waals surface area contributed by atoms with E-state index in [1.54, 1.807) is 6.21 Å². The Morgan fingerprint density at radius 2 is 1.86 bits per heavy atom. The number of aryl methyl sites for hydroxylation is 1. The molecule has 0 saturated heterocycles. The van der Waals surface area contributed by atoms with Crippen molar-refractivity contribution < 1.29 is 9.53 Å². The van der Waals surface area contributed by atoms with Gasteiger partial charge < -0.3 is 9.30 Å². The van der Waals surface area contributed by atoms with E-state index in [1.807, 2.05) is 50.2 Å². The van der Waals surface area contributed by atoms with Gasteiger partial charge in [-0.1, -0.05) is 53.0 Å². The first kappa shape index (κ1) is 21.2. The van der Waals surface area contributed by atoms with Gasteiger partial charge in [0, 0.05) is 33.7 Å². The van der Waals surface area contributed by atoms with Crippen LogP contribution in [0.1, 0.15) is 17.0 Å². The third-order valence-electron chi connectivity index (χ3n) is 4.20. The molecule has 0 spiro atoms. The van der Waals surface area contributed by atoms with Gasteiger partial charge in [0.1, 0.15) is 10.8 Å². The number of aromatic nitrogens is 1. The van der Waals surface area contributed by atoms with Crippen LogP contribution in [0.2, 0.25) is 15.1 Å². The Labute approximate surface area is 183 Å². The van der Waals surface area contributed by atoms with Crippen molar-refractivity contribution in [3.8, 4) is 11.4 Å². The van der Waals surface area contributed by atoms with Gasteiger partial charge in [-0.2, -0.15) is 5.10 Å². The van der Waals surface area contributed by atoms with Gasteiger partial charge in [-0.25, -0.2) is 5.43 Å². The van der Waals surface area contributed by atoms with Crippen molar-refractivity contribution in [2.24, 2.45) is 5.10 Å². The first-order valence-electron chi connectivity index (χ1n) is 8.70. The standard InChI is InChI=1S/C21H18Cl3N3O2/c1-13-8-15(14(2)27(13)17-6-4-3-5-7-17)11-25-26-20(28)12-29-19-10-16(22)9-18(23)21(19)24/h3-11H,12H2,1-2H3,(H,26,28)/b25-11-. The minimum atomic E-state index is -0.440. The van der Waals surface area contributed by atoms with Gasteiger partial charge in [0.05, 0.1) is 11.2 Å². The van der Waals surface area contributed by atoms with E-state index in [0.717, 1.165) is 22.6 Å². The van der Waals surface area contributed by atoms with E-state index in [1.165, 1.54) is 12.1 Å². The molecule has 0 aliphatic rings. The molecule has 0 saturated carbocycles. The molecule has 2 aromatic carbocycles. The molecule has 0 unspecified atom stereocenters. The van der Waals surface area contributed by atoms with Gasteiger partial charge in [0.2, 0.25) is 0 Å². The minimum Gasteiger partial charge on any atom is -0.482 e. The Morgan fingerprint density at radius 1 is 1.14 bits per heavy atom. The molecule has 3 rings (SSSR count).